The van der Waals surface area contributed by atoms with E-state index in [1.165, 1.54) is 11.3 Å². The van der Waals surface area contributed by atoms with Crippen molar-refractivity contribution in [2.75, 3.05) is 31.6 Å². The van der Waals surface area contributed by atoms with E-state index in [4.69, 9.17) is 16.3 Å². The summed E-state index contributed by atoms with van der Waals surface area (Å²) in [6.45, 7) is 5.63. The largest absolute Gasteiger partial charge is 0.375 e. The van der Waals surface area contributed by atoms with Gasteiger partial charge >= 0.3 is 0 Å². The van der Waals surface area contributed by atoms with E-state index in [1.807, 2.05) is 19.2 Å². The van der Waals surface area contributed by atoms with Gasteiger partial charge in [0.2, 0.25) is 0 Å². The molecule has 3 nitrogen and oxygen atoms in total. The van der Waals surface area contributed by atoms with Crippen molar-refractivity contribution in [3.05, 3.63) is 28.8 Å². The summed E-state index contributed by atoms with van der Waals surface area (Å²) in [5.74, 6) is 0. The van der Waals surface area contributed by atoms with Crippen LogP contribution in [-0.4, -0.2) is 32.8 Å². The summed E-state index contributed by atoms with van der Waals surface area (Å²) in [6, 6.07) is 6.09. The second-order valence-electron chi connectivity index (χ2n) is 4.43. The first-order valence-electron chi connectivity index (χ1n) is 6.00. The first kappa shape index (κ1) is 12.7. The quantitative estimate of drug-likeness (QED) is 0.896. The number of hydrogen-bond donors (Lipinski definition) is 1. The van der Waals surface area contributed by atoms with E-state index < -0.39 is 0 Å². The minimum atomic E-state index is 0.293. The molecule has 1 aromatic carbocycles. The SMILES string of the molecule is CNCc1cc(Cl)ccc1N1CCOC(C)C1. The molecule has 17 heavy (non-hydrogen) atoms. The molecule has 1 atom stereocenters. The molecular weight excluding hydrogens is 236 g/mol. The summed E-state index contributed by atoms with van der Waals surface area (Å²) < 4.78 is 5.57. The van der Waals surface area contributed by atoms with E-state index in [0.717, 1.165) is 31.3 Å². The highest BCUT2D eigenvalue weighted by molar-refractivity contribution is 6.30. The second-order valence-corrected chi connectivity index (χ2v) is 4.87. The van der Waals surface area contributed by atoms with Crippen LogP contribution in [-0.2, 0) is 11.3 Å². The fraction of sp³-hybridized carbons (Fsp3) is 0.538. The predicted octanol–water partition coefficient (Wildman–Crippen LogP) is 2.28. The zero-order valence-electron chi connectivity index (χ0n) is 10.4. The van der Waals surface area contributed by atoms with Gasteiger partial charge in [-0.2, -0.15) is 0 Å². The molecule has 0 spiro atoms. The van der Waals surface area contributed by atoms with E-state index in [0.29, 0.717) is 6.10 Å². The van der Waals surface area contributed by atoms with Crippen LogP contribution in [0.25, 0.3) is 0 Å². The Bertz CT molecular complexity index is 384. The van der Waals surface area contributed by atoms with Crippen LogP contribution in [0.2, 0.25) is 5.02 Å². The molecule has 0 saturated carbocycles. The molecule has 1 aliphatic heterocycles. The van der Waals surface area contributed by atoms with Gasteiger partial charge in [0.05, 0.1) is 12.7 Å². The first-order chi connectivity index (χ1) is 8.20. The molecule has 1 unspecified atom stereocenters. The van der Waals surface area contributed by atoms with Crippen LogP contribution in [0.5, 0.6) is 0 Å². The zero-order chi connectivity index (χ0) is 12.3. The molecule has 0 amide bonds. The van der Waals surface area contributed by atoms with Gasteiger partial charge in [-0.1, -0.05) is 11.6 Å². The van der Waals surface area contributed by atoms with Crippen LogP contribution in [0.1, 0.15) is 12.5 Å². The van der Waals surface area contributed by atoms with Gasteiger partial charge in [0.15, 0.2) is 0 Å². The molecular formula is C13H19ClN2O. The average Bonchev–Trinajstić information content (AvgIpc) is 2.29. The van der Waals surface area contributed by atoms with Crippen LogP contribution in [0.3, 0.4) is 0 Å². The Morgan fingerprint density at radius 1 is 1.53 bits per heavy atom. The Balaban J connectivity index is 2.23. The number of benzene rings is 1. The van der Waals surface area contributed by atoms with Gasteiger partial charge in [-0.05, 0) is 37.7 Å². The summed E-state index contributed by atoms with van der Waals surface area (Å²) in [7, 11) is 1.95. The average molecular weight is 255 g/mol. The number of nitrogens with one attached hydrogen (secondary N) is 1. The minimum absolute atomic E-state index is 0.293. The lowest BCUT2D eigenvalue weighted by Gasteiger charge is -2.34. The van der Waals surface area contributed by atoms with Crippen molar-refractivity contribution < 1.29 is 4.74 Å². The third-order valence-electron chi connectivity index (χ3n) is 2.99. The van der Waals surface area contributed by atoms with Crippen molar-refractivity contribution in [1.82, 2.24) is 5.32 Å². The van der Waals surface area contributed by atoms with Gasteiger partial charge in [-0.25, -0.2) is 0 Å². The van der Waals surface area contributed by atoms with Crippen LogP contribution in [0, 0.1) is 0 Å². The van der Waals surface area contributed by atoms with Gasteiger partial charge in [0, 0.05) is 30.3 Å². The molecule has 1 saturated heterocycles. The highest BCUT2D eigenvalue weighted by Gasteiger charge is 2.19. The Kier molecular flexibility index (Phi) is 4.26. The molecule has 0 aromatic heterocycles. The van der Waals surface area contributed by atoms with E-state index in [2.05, 4.69) is 23.2 Å². The third kappa shape index (κ3) is 3.12. The first-order valence-corrected chi connectivity index (χ1v) is 6.38. The van der Waals surface area contributed by atoms with E-state index >= 15 is 0 Å². The standard InChI is InChI=1S/C13H19ClN2O/c1-10-9-16(5-6-17-10)13-4-3-12(14)7-11(13)8-15-2/h3-4,7,10,15H,5-6,8-9H2,1-2H3. The van der Waals surface area contributed by atoms with Gasteiger partial charge in [-0.15, -0.1) is 0 Å². The number of hydrogen-bond acceptors (Lipinski definition) is 3. The fourth-order valence-electron chi connectivity index (χ4n) is 2.23. The van der Waals surface area contributed by atoms with Crippen molar-refractivity contribution in [3.63, 3.8) is 0 Å². The summed E-state index contributed by atoms with van der Waals surface area (Å²) in [4.78, 5) is 2.37. The third-order valence-corrected chi connectivity index (χ3v) is 3.23. The highest BCUT2D eigenvalue weighted by Crippen LogP contribution is 2.26. The monoisotopic (exact) mass is 254 g/mol. The van der Waals surface area contributed by atoms with Crippen LogP contribution in [0.15, 0.2) is 18.2 Å². The molecule has 1 fully saturated rings. The number of morpholine rings is 1. The van der Waals surface area contributed by atoms with Gasteiger partial charge in [-0.3, -0.25) is 0 Å². The lowest BCUT2D eigenvalue weighted by Crippen LogP contribution is -2.41. The molecule has 2 rings (SSSR count). The summed E-state index contributed by atoms with van der Waals surface area (Å²) in [5.41, 5.74) is 2.51. The Labute approximate surface area is 108 Å². The Hall–Kier alpha value is -0.770. The lowest BCUT2D eigenvalue weighted by molar-refractivity contribution is 0.0531. The molecule has 0 aliphatic carbocycles. The molecule has 1 heterocycles. The number of ether oxygens (including phenoxy) is 1. The fourth-order valence-corrected chi connectivity index (χ4v) is 2.43. The predicted molar refractivity (Wildman–Crippen MR) is 71.8 cm³/mol. The smallest absolute Gasteiger partial charge is 0.0722 e. The zero-order valence-corrected chi connectivity index (χ0v) is 11.1. The van der Waals surface area contributed by atoms with Gasteiger partial charge in [0.25, 0.3) is 0 Å². The van der Waals surface area contributed by atoms with Crippen LogP contribution < -0.4 is 10.2 Å². The van der Waals surface area contributed by atoms with E-state index in [-0.39, 0.29) is 0 Å². The van der Waals surface area contributed by atoms with Gasteiger partial charge < -0.3 is 15.0 Å². The minimum Gasteiger partial charge on any atom is -0.375 e. The summed E-state index contributed by atoms with van der Waals surface area (Å²) >= 11 is 6.05. The van der Waals surface area contributed by atoms with E-state index in [9.17, 15) is 0 Å². The van der Waals surface area contributed by atoms with Crippen molar-refractivity contribution in [2.24, 2.45) is 0 Å². The van der Waals surface area contributed by atoms with Crippen molar-refractivity contribution in [2.45, 2.75) is 19.6 Å². The van der Waals surface area contributed by atoms with Crippen molar-refractivity contribution in [3.8, 4) is 0 Å². The molecule has 1 N–H and O–H groups in total. The highest BCUT2D eigenvalue weighted by atomic mass is 35.5. The Morgan fingerprint density at radius 2 is 2.35 bits per heavy atom. The molecule has 1 aliphatic rings. The van der Waals surface area contributed by atoms with E-state index in [1.54, 1.807) is 0 Å². The topological polar surface area (TPSA) is 24.5 Å². The molecule has 1 aromatic rings. The second kappa shape index (κ2) is 5.71. The maximum Gasteiger partial charge on any atom is 0.0722 e. The molecule has 0 bridgehead atoms. The van der Waals surface area contributed by atoms with Crippen LogP contribution in [0.4, 0.5) is 5.69 Å². The van der Waals surface area contributed by atoms with Crippen molar-refractivity contribution >= 4 is 17.3 Å². The summed E-state index contributed by atoms with van der Waals surface area (Å²) in [5, 5.41) is 3.98. The number of rotatable bonds is 3. The lowest BCUT2D eigenvalue weighted by atomic mass is 10.1. The summed E-state index contributed by atoms with van der Waals surface area (Å²) in [6.07, 6.45) is 0.293. The van der Waals surface area contributed by atoms with Crippen molar-refractivity contribution in [1.29, 1.82) is 0 Å². The Morgan fingerprint density at radius 3 is 3.06 bits per heavy atom. The number of nitrogens with zero attached hydrogens (tertiary/aromatic N) is 1. The van der Waals surface area contributed by atoms with Gasteiger partial charge in [0.1, 0.15) is 0 Å². The molecule has 0 radical (unpaired) electrons. The normalized spacial score (nSPS) is 20.6. The molecule has 94 valence electrons. The number of anilines is 1. The van der Waals surface area contributed by atoms with Crippen LogP contribution >= 0.6 is 11.6 Å². The molecule has 4 heteroatoms. The number of halogens is 1. The maximum atomic E-state index is 6.05. The maximum absolute atomic E-state index is 6.05.